The predicted octanol–water partition coefficient (Wildman–Crippen LogP) is 1.48. The molecule has 0 spiro atoms. The van der Waals surface area contributed by atoms with E-state index in [1.165, 1.54) is 6.39 Å². The standard InChI is InChI=1S/C9H10ClN5O/c1-6-4-12-9(10)14-8(6)11-3-2-7-13-5-16-15-7/h4-5H,2-3H2,1H3,(H,11,12,14). The number of hydrogen-bond donors (Lipinski definition) is 1. The molecule has 0 aliphatic rings. The van der Waals surface area contributed by atoms with Gasteiger partial charge >= 0.3 is 0 Å². The molecule has 0 radical (unpaired) electrons. The molecule has 0 aliphatic heterocycles. The lowest BCUT2D eigenvalue weighted by molar-refractivity contribution is 0.410. The fraction of sp³-hybridized carbons (Fsp3) is 0.333. The minimum Gasteiger partial charge on any atom is -0.369 e. The van der Waals surface area contributed by atoms with Gasteiger partial charge in [-0.3, -0.25) is 0 Å². The molecule has 0 unspecified atom stereocenters. The predicted molar refractivity (Wildman–Crippen MR) is 58.3 cm³/mol. The number of halogens is 1. The van der Waals surface area contributed by atoms with Gasteiger partial charge in [0.25, 0.3) is 0 Å². The van der Waals surface area contributed by atoms with Gasteiger partial charge in [0.1, 0.15) is 5.82 Å². The zero-order chi connectivity index (χ0) is 11.4. The van der Waals surface area contributed by atoms with Crippen LogP contribution in [0.15, 0.2) is 17.1 Å². The summed E-state index contributed by atoms with van der Waals surface area (Å²) in [7, 11) is 0. The molecule has 2 heterocycles. The Kier molecular flexibility index (Phi) is 3.31. The second-order valence-corrected chi connectivity index (χ2v) is 3.53. The van der Waals surface area contributed by atoms with Gasteiger partial charge in [0.2, 0.25) is 11.7 Å². The van der Waals surface area contributed by atoms with Gasteiger partial charge in [-0.25, -0.2) is 9.97 Å². The molecule has 0 saturated carbocycles. The largest absolute Gasteiger partial charge is 0.369 e. The molecule has 0 aromatic carbocycles. The first-order valence-corrected chi connectivity index (χ1v) is 5.12. The molecule has 0 aliphatic carbocycles. The van der Waals surface area contributed by atoms with E-state index < -0.39 is 0 Å². The molecule has 84 valence electrons. The second kappa shape index (κ2) is 4.89. The van der Waals surface area contributed by atoms with Crippen LogP contribution in [-0.2, 0) is 6.42 Å². The van der Waals surface area contributed by atoms with Gasteiger partial charge in [-0.1, -0.05) is 5.16 Å². The van der Waals surface area contributed by atoms with Crippen LogP contribution in [0.1, 0.15) is 11.4 Å². The highest BCUT2D eigenvalue weighted by molar-refractivity contribution is 6.28. The summed E-state index contributed by atoms with van der Waals surface area (Å²) in [6.45, 7) is 2.57. The van der Waals surface area contributed by atoms with Gasteiger partial charge in [-0.05, 0) is 18.5 Å². The number of aryl methyl sites for hydroxylation is 1. The Labute approximate surface area is 97.1 Å². The van der Waals surface area contributed by atoms with Crippen LogP contribution in [0.25, 0.3) is 0 Å². The third kappa shape index (κ3) is 2.66. The lowest BCUT2D eigenvalue weighted by Crippen LogP contribution is -2.09. The summed E-state index contributed by atoms with van der Waals surface area (Å²) in [5.74, 6) is 1.38. The van der Waals surface area contributed by atoms with Crippen LogP contribution in [-0.4, -0.2) is 26.7 Å². The summed E-state index contributed by atoms with van der Waals surface area (Å²) < 4.78 is 4.62. The summed E-state index contributed by atoms with van der Waals surface area (Å²) in [5.41, 5.74) is 0.942. The number of hydrogen-bond acceptors (Lipinski definition) is 6. The fourth-order valence-electron chi connectivity index (χ4n) is 1.19. The molecule has 0 fully saturated rings. The molecule has 2 rings (SSSR count). The van der Waals surface area contributed by atoms with Gasteiger partial charge in [0.05, 0.1) is 0 Å². The molecule has 2 aromatic heterocycles. The van der Waals surface area contributed by atoms with Crippen LogP contribution >= 0.6 is 11.6 Å². The molecule has 1 N–H and O–H groups in total. The van der Waals surface area contributed by atoms with Crippen molar-refractivity contribution in [2.45, 2.75) is 13.3 Å². The Balaban J connectivity index is 1.92. The molecule has 0 atom stereocenters. The highest BCUT2D eigenvalue weighted by Gasteiger charge is 2.03. The van der Waals surface area contributed by atoms with E-state index in [1.807, 2.05) is 6.92 Å². The highest BCUT2D eigenvalue weighted by atomic mass is 35.5. The summed E-state index contributed by atoms with van der Waals surface area (Å²) in [6.07, 6.45) is 3.64. The molecule has 0 bridgehead atoms. The number of rotatable bonds is 4. The number of aromatic nitrogens is 4. The normalized spacial score (nSPS) is 10.4. The average Bonchev–Trinajstić information content (AvgIpc) is 2.76. The average molecular weight is 240 g/mol. The first kappa shape index (κ1) is 10.8. The topological polar surface area (TPSA) is 76.7 Å². The van der Waals surface area contributed by atoms with Crippen molar-refractivity contribution in [3.05, 3.63) is 29.3 Å². The Morgan fingerprint density at radius 3 is 3.06 bits per heavy atom. The minimum absolute atomic E-state index is 0.229. The molecule has 2 aromatic rings. The third-order valence-electron chi connectivity index (χ3n) is 1.99. The highest BCUT2D eigenvalue weighted by Crippen LogP contribution is 2.12. The number of nitrogens with zero attached hydrogens (tertiary/aromatic N) is 4. The van der Waals surface area contributed by atoms with E-state index in [-0.39, 0.29) is 5.28 Å². The van der Waals surface area contributed by atoms with E-state index in [9.17, 15) is 0 Å². The molecular formula is C9H10ClN5O. The van der Waals surface area contributed by atoms with Crippen LogP contribution in [0.2, 0.25) is 5.28 Å². The molecule has 6 nitrogen and oxygen atoms in total. The van der Waals surface area contributed by atoms with Gasteiger partial charge in [-0.2, -0.15) is 4.98 Å². The van der Waals surface area contributed by atoms with E-state index in [0.717, 1.165) is 11.4 Å². The van der Waals surface area contributed by atoms with Crippen LogP contribution in [0.3, 0.4) is 0 Å². The third-order valence-corrected chi connectivity index (χ3v) is 2.17. The van der Waals surface area contributed by atoms with Gasteiger partial charge in [-0.15, -0.1) is 0 Å². The first-order valence-electron chi connectivity index (χ1n) is 4.74. The quantitative estimate of drug-likeness (QED) is 0.815. The lowest BCUT2D eigenvalue weighted by atomic mass is 10.3. The van der Waals surface area contributed by atoms with Gasteiger partial charge in [0.15, 0.2) is 5.82 Å². The molecule has 0 saturated heterocycles. The zero-order valence-electron chi connectivity index (χ0n) is 8.64. The summed E-state index contributed by atoms with van der Waals surface area (Å²) >= 11 is 5.69. The van der Waals surface area contributed by atoms with Crippen LogP contribution in [0, 0.1) is 6.92 Å². The number of anilines is 1. The Morgan fingerprint density at radius 2 is 2.31 bits per heavy atom. The maximum absolute atomic E-state index is 5.69. The van der Waals surface area contributed by atoms with Gasteiger partial charge in [0, 0.05) is 24.7 Å². The van der Waals surface area contributed by atoms with Crippen molar-refractivity contribution in [3.8, 4) is 0 Å². The lowest BCUT2D eigenvalue weighted by Gasteiger charge is -2.06. The van der Waals surface area contributed by atoms with Crippen molar-refractivity contribution in [2.24, 2.45) is 0 Å². The summed E-state index contributed by atoms with van der Waals surface area (Å²) in [6, 6.07) is 0. The van der Waals surface area contributed by atoms with Gasteiger partial charge < -0.3 is 9.84 Å². The fourth-order valence-corrected chi connectivity index (χ4v) is 1.33. The van der Waals surface area contributed by atoms with Crippen molar-refractivity contribution in [3.63, 3.8) is 0 Å². The number of nitrogens with one attached hydrogen (secondary N) is 1. The summed E-state index contributed by atoms with van der Waals surface area (Å²) in [4.78, 5) is 11.9. The van der Waals surface area contributed by atoms with Crippen molar-refractivity contribution >= 4 is 17.4 Å². The van der Waals surface area contributed by atoms with Crippen molar-refractivity contribution < 1.29 is 4.52 Å². The van der Waals surface area contributed by atoms with Crippen molar-refractivity contribution in [1.29, 1.82) is 0 Å². The van der Waals surface area contributed by atoms with E-state index >= 15 is 0 Å². The SMILES string of the molecule is Cc1cnc(Cl)nc1NCCc1ncon1. The molecule has 0 amide bonds. The van der Waals surface area contributed by atoms with E-state index in [1.54, 1.807) is 6.20 Å². The monoisotopic (exact) mass is 239 g/mol. The zero-order valence-corrected chi connectivity index (χ0v) is 9.40. The Hall–Kier alpha value is -1.69. The van der Waals surface area contributed by atoms with Crippen LogP contribution < -0.4 is 5.32 Å². The molecule has 7 heteroatoms. The Bertz CT molecular complexity index is 459. The second-order valence-electron chi connectivity index (χ2n) is 3.19. The van der Waals surface area contributed by atoms with E-state index in [0.29, 0.717) is 18.8 Å². The van der Waals surface area contributed by atoms with E-state index in [2.05, 4.69) is 29.9 Å². The maximum atomic E-state index is 5.69. The summed E-state index contributed by atoms with van der Waals surface area (Å²) in [5, 5.41) is 7.07. The smallest absolute Gasteiger partial charge is 0.224 e. The van der Waals surface area contributed by atoms with Crippen molar-refractivity contribution in [2.75, 3.05) is 11.9 Å². The molecular weight excluding hydrogens is 230 g/mol. The van der Waals surface area contributed by atoms with Crippen LogP contribution in [0.5, 0.6) is 0 Å². The van der Waals surface area contributed by atoms with Crippen LogP contribution in [0.4, 0.5) is 5.82 Å². The minimum atomic E-state index is 0.229. The maximum Gasteiger partial charge on any atom is 0.224 e. The Morgan fingerprint density at radius 1 is 1.44 bits per heavy atom. The first-order chi connectivity index (χ1) is 7.75. The van der Waals surface area contributed by atoms with Crippen molar-refractivity contribution in [1.82, 2.24) is 20.1 Å². The van der Waals surface area contributed by atoms with E-state index in [4.69, 9.17) is 11.6 Å². The molecule has 16 heavy (non-hydrogen) atoms.